The molecule has 5 nitrogen and oxygen atoms in total. The second-order valence-electron chi connectivity index (χ2n) is 7.03. The number of esters is 2. The van der Waals surface area contributed by atoms with E-state index in [9.17, 15) is 9.59 Å². The summed E-state index contributed by atoms with van der Waals surface area (Å²) >= 11 is 0. The first-order valence-corrected chi connectivity index (χ1v) is 8.96. The van der Waals surface area contributed by atoms with Gasteiger partial charge in [-0.05, 0) is 22.6 Å². The van der Waals surface area contributed by atoms with Crippen LogP contribution in [0.2, 0.25) is 0 Å². The van der Waals surface area contributed by atoms with Crippen LogP contribution in [0.15, 0.2) is 48.5 Å². The Kier molecular flexibility index (Phi) is 5.22. The number of rotatable bonds is 4. The van der Waals surface area contributed by atoms with Crippen LogP contribution in [0.5, 0.6) is 5.75 Å². The lowest BCUT2D eigenvalue weighted by atomic mass is 9.71. The maximum absolute atomic E-state index is 12.9. The van der Waals surface area contributed by atoms with E-state index in [-0.39, 0.29) is 12.3 Å². The number of ether oxygens (including phenoxy) is 3. The van der Waals surface area contributed by atoms with Gasteiger partial charge in [0.15, 0.2) is 6.10 Å². The van der Waals surface area contributed by atoms with Gasteiger partial charge in [-0.25, -0.2) is 0 Å². The zero-order valence-corrected chi connectivity index (χ0v) is 16.0. The molecule has 0 saturated carbocycles. The second kappa shape index (κ2) is 7.43. The SMILES string of the molecule is COC(=O)C1(C(=O)OC)Cc2cccc(C(C)C)c2OC1c1ccccc1. The van der Waals surface area contributed by atoms with Crippen molar-refractivity contribution in [3.05, 3.63) is 65.2 Å². The molecule has 0 N–H and O–H groups in total. The van der Waals surface area contributed by atoms with Crippen molar-refractivity contribution in [2.24, 2.45) is 5.41 Å². The molecule has 5 heteroatoms. The molecule has 0 amide bonds. The summed E-state index contributed by atoms with van der Waals surface area (Å²) in [6, 6.07) is 15.1. The van der Waals surface area contributed by atoms with Crippen molar-refractivity contribution in [2.75, 3.05) is 14.2 Å². The highest BCUT2D eigenvalue weighted by atomic mass is 16.6. The van der Waals surface area contributed by atoms with Crippen molar-refractivity contribution in [3.63, 3.8) is 0 Å². The third-order valence-electron chi connectivity index (χ3n) is 5.10. The highest BCUT2D eigenvalue weighted by molar-refractivity contribution is 6.01. The Morgan fingerprint density at radius 2 is 1.63 bits per heavy atom. The van der Waals surface area contributed by atoms with Gasteiger partial charge in [0.2, 0.25) is 5.41 Å². The first-order valence-electron chi connectivity index (χ1n) is 8.96. The molecule has 0 fully saturated rings. The molecule has 0 radical (unpaired) electrons. The normalized spacial score (nSPS) is 17.6. The number of benzene rings is 2. The molecule has 0 spiro atoms. The molecule has 0 bridgehead atoms. The van der Waals surface area contributed by atoms with Gasteiger partial charge in [-0.2, -0.15) is 0 Å². The maximum atomic E-state index is 12.9. The lowest BCUT2D eigenvalue weighted by molar-refractivity contribution is -0.179. The standard InChI is InChI=1S/C22H24O5/c1-14(2)17-12-8-11-16-13-22(20(23)25-3,21(24)26-4)19(27-18(16)17)15-9-6-5-7-10-15/h5-12,14,19H,13H2,1-4H3. The summed E-state index contributed by atoms with van der Waals surface area (Å²) in [6.45, 7) is 4.16. The Labute approximate surface area is 159 Å². The summed E-state index contributed by atoms with van der Waals surface area (Å²) in [6.07, 6.45) is -0.687. The van der Waals surface area contributed by atoms with Gasteiger partial charge in [-0.1, -0.05) is 62.4 Å². The summed E-state index contributed by atoms with van der Waals surface area (Å²) < 4.78 is 16.5. The minimum Gasteiger partial charge on any atom is -0.483 e. The molecule has 0 saturated heterocycles. The molecular weight excluding hydrogens is 344 g/mol. The number of hydrogen-bond donors (Lipinski definition) is 0. The van der Waals surface area contributed by atoms with E-state index in [1.165, 1.54) is 14.2 Å². The van der Waals surface area contributed by atoms with Crippen LogP contribution >= 0.6 is 0 Å². The van der Waals surface area contributed by atoms with Crippen LogP contribution < -0.4 is 4.74 Å². The van der Waals surface area contributed by atoms with Crippen molar-refractivity contribution in [1.82, 2.24) is 0 Å². The highest BCUT2D eigenvalue weighted by Gasteiger charge is 2.59. The predicted molar refractivity (Wildman–Crippen MR) is 101 cm³/mol. The summed E-state index contributed by atoms with van der Waals surface area (Å²) in [5, 5.41) is 0. The van der Waals surface area contributed by atoms with Crippen LogP contribution in [0.1, 0.15) is 42.6 Å². The van der Waals surface area contributed by atoms with E-state index in [4.69, 9.17) is 14.2 Å². The number of para-hydroxylation sites is 1. The molecule has 3 rings (SSSR count). The lowest BCUT2D eigenvalue weighted by Crippen LogP contribution is -2.51. The van der Waals surface area contributed by atoms with E-state index in [1.54, 1.807) is 0 Å². The van der Waals surface area contributed by atoms with E-state index in [0.717, 1.165) is 22.4 Å². The Bertz CT molecular complexity index is 825. The van der Waals surface area contributed by atoms with Crippen LogP contribution in [0.3, 0.4) is 0 Å². The van der Waals surface area contributed by atoms with Crippen LogP contribution in [0.25, 0.3) is 0 Å². The maximum Gasteiger partial charge on any atom is 0.327 e. The lowest BCUT2D eigenvalue weighted by Gasteiger charge is -2.41. The van der Waals surface area contributed by atoms with E-state index < -0.39 is 23.5 Å². The molecular formula is C22H24O5. The van der Waals surface area contributed by atoms with Gasteiger partial charge in [-0.15, -0.1) is 0 Å². The monoisotopic (exact) mass is 368 g/mol. The van der Waals surface area contributed by atoms with Gasteiger partial charge in [0, 0.05) is 6.42 Å². The number of carbonyl (C=O) groups is 2. The predicted octanol–water partition coefficient (Wildman–Crippen LogP) is 3.82. The Balaban J connectivity index is 2.26. The van der Waals surface area contributed by atoms with Gasteiger partial charge in [0.1, 0.15) is 5.75 Å². The third-order valence-corrected chi connectivity index (χ3v) is 5.10. The first-order chi connectivity index (χ1) is 13.0. The molecule has 1 unspecified atom stereocenters. The van der Waals surface area contributed by atoms with Crippen molar-refractivity contribution in [3.8, 4) is 5.75 Å². The summed E-state index contributed by atoms with van der Waals surface area (Å²) in [4.78, 5) is 25.8. The van der Waals surface area contributed by atoms with Crippen molar-refractivity contribution in [2.45, 2.75) is 32.3 Å². The van der Waals surface area contributed by atoms with Gasteiger partial charge in [0.25, 0.3) is 0 Å². The fourth-order valence-electron chi connectivity index (χ4n) is 3.74. The van der Waals surface area contributed by atoms with Gasteiger partial charge < -0.3 is 14.2 Å². The number of carbonyl (C=O) groups excluding carboxylic acids is 2. The van der Waals surface area contributed by atoms with Gasteiger partial charge in [-0.3, -0.25) is 9.59 Å². The molecule has 0 aromatic heterocycles. The van der Waals surface area contributed by atoms with E-state index in [0.29, 0.717) is 0 Å². The number of hydrogen-bond acceptors (Lipinski definition) is 5. The average Bonchev–Trinajstić information content (AvgIpc) is 2.71. The number of methoxy groups -OCH3 is 2. The zero-order chi connectivity index (χ0) is 19.6. The Morgan fingerprint density at radius 3 is 2.19 bits per heavy atom. The molecule has 1 atom stereocenters. The minimum atomic E-state index is -1.60. The van der Waals surface area contributed by atoms with E-state index in [1.807, 2.05) is 48.5 Å². The molecule has 1 aliphatic heterocycles. The average molecular weight is 368 g/mol. The third kappa shape index (κ3) is 3.07. The van der Waals surface area contributed by atoms with Crippen molar-refractivity contribution >= 4 is 11.9 Å². The largest absolute Gasteiger partial charge is 0.483 e. The van der Waals surface area contributed by atoms with E-state index >= 15 is 0 Å². The Morgan fingerprint density at radius 1 is 1.00 bits per heavy atom. The first kappa shape index (κ1) is 19.0. The zero-order valence-electron chi connectivity index (χ0n) is 16.0. The molecule has 0 aliphatic carbocycles. The van der Waals surface area contributed by atoms with Gasteiger partial charge >= 0.3 is 11.9 Å². The molecule has 2 aromatic carbocycles. The van der Waals surface area contributed by atoms with Crippen LogP contribution in [-0.2, 0) is 25.5 Å². The molecule has 142 valence electrons. The molecule has 2 aromatic rings. The second-order valence-corrected chi connectivity index (χ2v) is 7.03. The Hall–Kier alpha value is -2.82. The van der Waals surface area contributed by atoms with Crippen LogP contribution in [0.4, 0.5) is 0 Å². The smallest absolute Gasteiger partial charge is 0.327 e. The van der Waals surface area contributed by atoms with Gasteiger partial charge in [0.05, 0.1) is 14.2 Å². The highest BCUT2D eigenvalue weighted by Crippen LogP contribution is 2.50. The van der Waals surface area contributed by atoms with Crippen molar-refractivity contribution < 1.29 is 23.8 Å². The fraction of sp³-hybridized carbons (Fsp3) is 0.364. The summed E-state index contributed by atoms with van der Waals surface area (Å²) in [5.41, 5.74) is 0.950. The fourth-order valence-corrected chi connectivity index (χ4v) is 3.74. The topological polar surface area (TPSA) is 61.8 Å². The molecule has 1 heterocycles. The van der Waals surface area contributed by atoms with E-state index in [2.05, 4.69) is 13.8 Å². The molecule has 1 aliphatic rings. The number of fused-ring (bicyclic) bond motifs is 1. The van der Waals surface area contributed by atoms with Crippen LogP contribution in [0, 0.1) is 5.41 Å². The molecule has 27 heavy (non-hydrogen) atoms. The quantitative estimate of drug-likeness (QED) is 0.606. The van der Waals surface area contributed by atoms with Crippen LogP contribution in [-0.4, -0.2) is 26.2 Å². The summed E-state index contributed by atoms with van der Waals surface area (Å²) in [7, 11) is 2.55. The minimum absolute atomic E-state index is 0.155. The van der Waals surface area contributed by atoms with Crippen molar-refractivity contribution in [1.29, 1.82) is 0 Å². The summed E-state index contributed by atoms with van der Waals surface area (Å²) in [5.74, 6) is -0.363.